The van der Waals surface area contributed by atoms with Crippen LogP contribution in [0.4, 0.5) is 27.3 Å². The molecule has 4 heterocycles. The number of nitriles is 1. The Kier molecular flexibility index (Phi) is 9.16. The standard InChI is InChI=1S/C38H45FN8O2/c1-5-44(24(2)3)38(48)32-16-27(39)6-12-35(32)46-15-14-45(37-36(46)19-41-23-42-37)29-9-7-28(8-10-29)43-33-11-13-34-31(25(33)4)17-30(18-40)47(34)20-26-21-49-22-26/h6,11-13,16-17,19,23-24,26,28-29,43H,5,7-10,14-15,20-22H2,1-4H3. The molecule has 256 valence electrons. The molecule has 0 unspecified atom stereocenters. The topological polar surface area (TPSA) is 103 Å². The summed E-state index contributed by atoms with van der Waals surface area (Å²) in [5, 5.41) is 14.8. The van der Waals surface area contributed by atoms with Gasteiger partial charge in [-0.05, 0) is 95.3 Å². The van der Waals surface area contributed by atoms with E-state index in [-0.39, 0.29) is 11.9 Å². The predicted molar refractivity (Wildman–Crippen MR) is 190 cm³/mol. The maximum absolute atomic E-state index is 14.5. The van der Waals surface area contributed by atoms with Crippen LogP contribution in [-0.2, 0) is 11.3 Å². The Morgan fingerprint density at radius 2 is 1.92 bits per heavy atom. The molecule has 2 aromatic heterocycles. The van der Waals surface area contributed by atoms with Gasteiger partial charge in [0.1, 0.15) is 29.6 Å². The summed E-state index contributed by atoms with van der Waals surface area (Å²) in [6, 6.07) is 13.9. The lowest BCUT2D eigenvalue weighted by Crippen LogP contribution is -2.48. The lowest BCUT2D eigenvalue weighted by atomic mass is 9.89. The molecule has 1 amide bonds. The van der Waals surface area contributed by atoms with Crippen LogP contribution in [0.5, 0.6) is 0 Å². The number of hydrogen-bond acceptors (Lipinski definition) is 8. The third-order valence-corrected chi connectivity index (χ3v) is 10.6. The third-order valence-electron chi connectivity index (χ3n) is 10.6. The number of halogens is 1. The number of ether oxygens (including phenoxy) is 1. The van der Waals surface area contributed by atoms with E-state index < -0.39 is 5.82 Å². The maximum Gasteiger partial charge on any atom is 0.256 e. The summed E-state index contributed by atoms with van der Waals surface area (Å²) in [4.78, 5) is 29.0. The number of amides is 1. The monoisotopic (exact) mass is 664 g/mol. The first kappa shape index (κ1) is 32.8. The number of fused-ring (bicyclic) bond motifs is 2. The Hall–Kier alpha value is -4.69. The first-order valence-corrected chi connectivity index (χ1v) is 17.6. The molecule has 0 spiro atoms. The predicted octanol–water partition coefficient (Wildman–Crippen LogP) is 6.65. The lowest BCUT2D eigenvalue weighted by molar-refractivity contribution is -0.0389. The molecule has 0 radical (unpaired) electrons. The normalized spacial score (nSPS) is 19.4. The Morgan fingerprint density at radius 3 is 2.61 bits per heavy atom. The molecule has 1 saturated heterocycles. The Labute approximate surface area is 287 Å². The van der Waals surface area contributed by atoms with Crippen molar-refractivity contribution in [1.29, 1.82) is 5.26 Å². The molecule has 1 N–H and O–H groups in total. The number of aromatic nitrogens is 3. The van der Waals surface area contributed by atoms with Crippen LogP contribution in [0.15, 0.2) is 48.9 Å². The van der Waals surface area contributed by atoms with E-state index >= 15 is 0 Å². The highest BCUT2D eigenvalue weighted by Gasteiger charge is 2.34. The van der Waals surface area contributed by atoms with E-state index in [4.69, 9.17) is 9.72 Å². The number of anilines is 4. The van der Waals surface area contributed by atoms with Crippen molar-refractivity contribution in [2.24, 2.45) is 5.92 Å². The van der Waals surface area contributed by atoms with Crippen molar-refractivity contribution >= 4 is 39.7 Å². The van der Waals surface area contributed by atoms with Gasteiger partial charge in [-0.1, -0.05) is 0 Å². The molecule has 3 aliphatic rings. The summed E-state index contributed by atoms with van der Waals surface area (Å²) in [5.41, 5.74) is 5.97. The van der Waals surface area contributed by atoms with Crippen molar-refractivity contribution in [2.45, 2.75) is 78.0 Å². The second-order valence-electron chi connectivity index (χ2n) is 13.9. The minimum absolute atomic E-state index is 0.00606. The molecule has 2 fully saturated rings. The fourth-order valence-corrected chi connectivity index (χ4v) is 7.90. The van der Waals surface area contributed by atoms with E-state index in [0.29, 0.717) is 48.0 Å². The van der Waals surface area contributed by atoms with E-state index in [0.717, 1.165) is 80.1 Å². The summed E-state index contributed by atoms with van der Waals surface area (Å²) < 4.78 is 22.1. The quantitative estimate of drug-likeness (QED) is 0.212. The Balaban J connectivity index is 1.06. The molecule has 0 bridgehead atoms. The first-order chi connectivity index (χ1) is 23.8. The van der Waals surface area contributed by atoms with E-state index in [2.05, 4.69) is 49.8 Å². The van der Waals surface area contributed by atoms with Crippen molar-refractivity contribution in [3.63, 3.8) is 0 Å². The summed E-state index contributed by atoms with van der Waals surface area (Å²) in [7, 11) is 0. The van der Waals surface area contributed by atoms with Crippen molar-refractivity contribution in [3.8, 4) is 6.07 Å². The average molecular weight is 665 g/mol. The number of nitrogens with one attached hydrogen (secondary N) is 1. The van der Waals surface area contributed by atoms with Gasteiger partial charge in [0, 0.05) is 66.8 Å². The van der Waals surface area contributed by atoms with Crippen LogP contribution in [0.3, 0.4) is 0 Å². The van der Waals surface area contributed by atoms with Crippen molar-refractivity contribution in [1.82, 2.24) is 19.4 Å². The molecule has 7 rings (SSSR count). The fourth-order valence-electron chi connectivity index (χ4n) is 7.90. The zero-order valence-electron chi connectivity index (χ0n) is 28.8. The number of benzene rings is 2. The van der Waals surface area contributed by atoms with Gasteiger partial charge in [-0.2, -0.15) is 5.26 Å². The highest BCUT2D eigenvalue weighted by molar-refractivity contribution is 6.01. The number of carbonyl (C=O) groups excluding carboxylic acids is 1. The van der Waals surface area contributed by atoms with Gasteiger partial charge in [0.05, 0.1) is 30.7 Å². The molecule has 49 heavy (non-hydrogen) atoms. The van der Waals surface area contributed by atoms with Crippen molar-refractivity contribution < 1.29 is 13.9 Å². The molecule has 2 aromatic carbocycles. The highest BCUT2D eigenvalue weighted by Crippen LogP contribution is 2.41. The van der Waals surface area contributed by atoms with Gasteiger partial charge >= 0.3 is 0 Å². The van der Waals surface area contributed by atoms with Gasteiger partial charge in [-0.25, -0.2) is 14.4 Å². The molecule has 10 nitrogen and oxygen atoms in total. The van der Waals surface area contributed by atoms with Crippen LogP contribution in [0.1, 0.15) is 68.1 Å². The van der Waals surface area contributed by atoms with Gasteiger partial charge in [-0.3, -0.25) is 4.79 Å². The number of aryl methyl sites for hydroxylation is 1. The molecular weight excluding hydrogens is 619 g/mol. The van der Waals surface area contributed by atoms with Crippen LogP contribution in [-0.4, -0.2) is 76.3 Å². The average Bonchev–Trinajstić information content (AvgIpc) is 3.45. The van der Waals surface area contributed by atoms with E-state index in [1.807, 2.05) is 33.0 Å². The number of rotatable bonds is 9. The summed E-state index contributed by atoms with van der Waals surface area (Å²) >= 11 is 0. The van der Waals surface area contributed by atoms with Crippen LogP contribution < -0.4 is 15.1 Å². The Bertz CT molecular complexity index is 1890. The van der Waals surface area contributed by atoms with Crippen molar-refractivity contribution in [2.75, 3.05) is 48.0 Å². The maximum atomic E-state index is 14.5. The minimum Gasteiger partial charge on any atom is -0.382 e. The van der Waals surface area contributed by atoms with E-state index in [9.17, 15) is 14.4 Å². The molecule has 1 saturated carbocycles. The molecule has 0 atom stereocenters. The van der Waals surface area contributed by atoms with Gasteiger partial charge in [0.25, 0.3) is 5.91 Å². The molecule has 1 aliphatic carbocycles. The van der Waals surface area contributed by atoms with Gasteiger partial charge < -0.3 is 29.3 Å². The smallest absolute Gasteiger partial charge is 0.256 e. The lowest BCUT2D eigenvalue weighted by Gasteiger charge is -2.44. The van der Waals surface area contributed by atoms with Gasteiger partial charge in [0.15, 0.2) is 5.82 Å². The van der Waals surface area contributed by atoms with Crippen LogP contribution in [0.2, 0.25) is 0 Å². The molecular formula is C38H45FN8O2. The second-order valence-corrected chi connectivity index (χ2v) is 13.9. The van der Waals surface area contributed by atoms with Crippen LogP contribution >= 0.6 is 0 Å². The summed E-state index contributed by atoms with van der Waals surface area (Å²) in [6.45, 7) is 12.3. The second kappa shape index (κ2) is 13.7. The van der Waals surface area contributed by atoms with E-state index in [1.165, 1.54) is 17.7 Å². The zero-order valence-corrected chi connectivity index (χ0v) is 28.8. The van der Waals surface area contributed by atoms with Gasteiger partial charge in [0.2, 0.25) is 0 Å². The summed E-state index contributed by atoms with van der Waals surface area (Å²) in [6.07, 6.45) is 7.47. The fraction of sp³-hybridized carbons (Fsp3) is 0.474. The first-order valence-electron chi connectivity index (χ1n) is 17.6. The van der Waals surface area contributed by atoms with Crippen LogP contribution in [0, 0.1) is 30.0 Å². The minimum atomic E-state index is -0.430. The molecule has 11 heteroatoms. The number of carbonyl (C=O) groups is 1. The number of nitrogens with zero attached hydrogens (tertiary/aromatic N) is 7. The van der Waals surface area contributed by atoms with Gasteiger partial charge in [-0.15, -0.1) is 0 Å². The molecule has 4 aromatic rings. The highest BCUT2D eigenvalue weighted by atomic mass is 19.1. The largest absolute Gasteiger partial charge is 0.382 e. The SMILES string of the molecule is CCN(C(=O)c1cc(F)ccc1N1CCN(C2CCC(Nc3ccc4c(cc(C#N)n4CC4COC4)c3C)CC2)c2ncncc21)C(C)C. The van der Waals surface area contributed by atoms with E-state index in [1.54, 1.807) is 17.3 Å². The Morgan fingerprint density at radius 1 is 1.12 bits per heavy atom. The third kappa shape index (κ3) is 6.19. The molecule has 2 aliphatic heterocycles. The van der Waals surface area contributed by atoms with Crippen LogP contribution in [0.25, 0.3) is 10.9 Å². The van der Waals surface area contributed by atoms with Crippen molar-refractivity contribution in [3.05, 3.63) is 71.6 Å². The summed E-state index contributed by atoms with van der Waals surface area (Å²) in [5.74, 6) is 0.702. The zero-order chi connectivity index (χ0) is 34.2. The number of hydrogen-bond donors (Lipinski definition) is 1.